The van der Waals surface area contributed by atoms with E-state index in [1.54, 1.807) is 6.07 Å². The molecule has 142 valence electrons. The predicted octanol–water partition coefficient (Wildman–Crippen LogP) is 3.60. The average molecular weight is 387 g/mol. The summed E-state index contributed by atoms with van der Waals surface area (Å²) in [4.78, 5) is 12.3. The first-order valence-electron chi connectivity index (χ1n) is 9.43. The summed E-state index contributed by atoms with van der Waals surface area (Å²) in [5.74, 6) is 1.08. The van der Waals surface area contributed by atoms with Gasteiger partial charge in [0.2, 0.25) is 0 Å². The van der Waals surface area contributed by atoms with Crippen molar-refractivity contribution in [3.05, 3.63) is 52.7 Å². The van der Waals surface area contributed by atoms with Gasteiger partial charge in [-0.1, -0.05) is 23.7 Å². The molecule has 0 spiro atoms. The third kappa shape index (κ3) is 4.76. The van der Waals surface area contributed by atoms with Crippen LogP contribution in [0.15, 0.2) is 36.4 Å². The van der Waals surface area contributed by atoms with Crippen LogP contribution in [0, 0.1) is 5.92 Å². The number of halogens is 1. The first-order valence-corrected chi connectivity index (χ1v) is 9.81. The van der Waals surface area contributed by atoms with E-state index >= 15 is 0 Å². The van der Waals surface area contributed by atoms with Crippen LogP contribution in [-0.4, -0.2) is 35.4 Å². The summed E-state index contributed by atoms with van der Waals surface area (Å²) in [7, 11) is 0. The topological polar surface area (TPSA) is 76.1 Å². The molecule has 27 heavy (non-hydrogen) atoms. The fourth-order valence-corrected chi connectivity index (χ4v) is 3.49. The van der Waals surface area contributed by atoms with Crippen molar-refractivity contribution >= 4 is 23.3 Å². The molecule has 2 aliphatic rings. The van der Waals surface area contributed by atoms with Crippen molar-refractivity contribution in [3.8, 4) is 0 Å². The first-order chi connectivity index (χ1) is 13.2. The number of aromatic nitrogens is 2. The Morgan fingerprint density at radius 3 is 2.41 bits per heavy atom. The van der Waals surface area contributed by atoms with Crippen LogP contribution in [0.4, 0.5) is 5.82 Å². The van der Waals surface area contributed by atoms with Crippen molar-refractivity contribution in [1.82, 2.24) is 15.5 Å². The summed E-state index contributed by atoms with van der Waals surface area (Å²) in [6.07, 6.45) is 4.06. The van der Waals surface area contributed by atoms with Gasteiger partial charge in [0, 0.05) is 24.3 Å². The molecule has 1 atom stereocenters. The highest BCUT2D eigenvalue weighted by molar-refractivity contribution is 6.30. The number of nitrogens with zero attached hydrogens (tertiary/aromatic N) is 2. The third-order valence-electron chi connectivity index (χ3n) is 5.08. The van der Waals surface area contributed by atoms with Crippen LogP contribution in [0.3, 0.4) is 0 Å². The lowest BCUT2D eigenvalue weighted by Crippen LogP contribution is -2.39. The normalized spacial score (nSPS) is 18.7. The van der Waals surface area contributed by atoms with E-state index in [2.05, 4.69) is 20.8 Å². The molecule has 6 nitrogen and oxygen atoms in total. The van der Waals surface area contributed by atoms with Gasteiger partial charge >= 0.3 is 0 Å². The first kappa shape index (κ1) is 18.2. The molecule has 1 saturated heterocycles. The lowest BCUT2D eigenvalue weighted by molar-refractivity contribution is 0.0693. The molecular weight excluding hydrogens is 364 g/mol. The van der Waals surface area contributed by atoms with Crippen LogP contribution in [0.5, 0.6) is 0 Å². The Bertz CT molecular complexity index is 772. The summed E-state index contributed by atoms with van der Waals surface area (Å²) in [6.45, 7) is 1.37. The van der Waals surface area contributed by atoms with Crippen molar-refractivity contribution in [1.29, 1.82) is 0 Å². The Kier molecular flexibility index (Phi) is 5.55. The number of carbonyl (C=O) groups excluding carboxylic acids is 1. The minimum Gasteiger partial charge on any atom is -0.381 e. The van der Waals surface area contributed by atoms with Gasteiger partial charge in [-0.3, -0.25) is 4.79 Å². The highest BCUT2D eigenvalue weighted by atomic mass is 35.5. The average Bonchev–Trinajstić information content (AvgIpc) is 3.53. The fourth-order valence-electron chi connectivity index (χ4n) is 3.36. The molecule has 1 aromatic heterocycles. The van der Waals surface area contributed by atoms with Crippen LogP contribution in [0.25, 0.3) is 0 Å². The van der Waals surface area contributed by atoms with Gasteiger partial charge in [0.05, 0.1) is 6.04 Å². The van der Waals surface area contributed by atoms with E-state index in [0.29, 0.717) is 30.6 Å². The third-order valence-corrected chi connectivity index (χ3v) is 5.33. The summed E-state index contributed by atoms with van der Waals surface area (Å²) in [5, 5.41) is 15.5. The van der Waals surface area contributed by atoms with E-state index in [4.69, 9.17) is 16.3 Å². The number of carbonyl (C=O) groups is 1. The number of nitrogens with one attached hydrogen (secondary N) is 2. The highest BCUT2D eigenvalue weighted by Crippen LogP contribution is 2.42. The number of rotatable bonds is 6. The molecule has 2 fully saturated rings. The van der Waals surface area contributed by atoms with Crippen LogP contribution < -0.4 is 10.6 Å². The highest BCUT2D eigenvalue weighted by Gasteiger charge is 2.32. The Morgan fingerprint density at radius 2 is 1.78 bits per heavy atom. The summed E-state index contributed by atoms with van der Waals surface area (Å²) < 4.78 is 5.31. The lowest BCUT2D eigenvalue weighted by Gasteiger charge is -2.23. The number of benzene rings is 1. The van der Waals surface area contributed by atoms with E-state index in [1.165, 1.54) is 18.4 Å². The largest absolute Gasteiger partial charge is 0.381 e. The van der Waals surface area contributed by atoms with Crippen molar-refractivity contribution in [2.45, 2.75) is 37.8 Å². The van der Waals surface area contributed by atoms with E-state index in [9.17, 15) is 4.79 Å². The number of amides is 1. The summed E-state index contributed by atoms with van der Waals surface area (Å²) >= 11 is 6.00. The van der Waals surface area contributed by atoms with E-state index in [1.807, 2.05) is 30.3 Å². The number of hydrogen-bond donors (Lipinski definition) is 2. The van der Waals surface area contributed by atoms with Crippen molar-refractivity contribution in [3.63, 3.8) is 0 Å². The molecule has 2 aromatic rings. The zero-order valence-electron chi connectivity index (χ0n) is 15.0. The Hall–Kier alpha value is -2.18. The zero-order chi connectivity index (χ0) is 18.6. The van der Waals surface area contributed by atoms with Crippen LogP contribution in [0.2, 0.25) is 5.02 Å². The van der Waals surface area contributed by atoms with Crippen LogP contribution in [-0.2, 0) is 4.74 Å². The van der Waals surface area contributed by atoms with Crippen molar-refractivity contribution in [2.75, 3.05) is 18.5 Å². The minimum atomic E-state index is -0.183. The van der Waals surface area contributed by atoms with Gasteiger partial charge in [-0.15, -0.1) is 10.2 Å². The maximum Gasteiger partial charge on any atom is 0.272 e. The lowest BCUT2D eigenvalue weighted by atomic mass is 10.0. The predicted molar refractivity (Wildman–Crippen MR) is 104 cm³/mol. The Labute approximate surface area is 163 Å². The van der Waals surface area contributed by atoms with Gasteiger partial charge in [0.1, 0.15) is 5.82 Å². The standard InChI is InChI=1S/C20H23ClN4O2/c21-15-5-3-14(4-6-15)19(13-1-2-13)23-18-8-7-17(24-25-18)20(26)22-16-9-11-27-12-10-16/h3-8,13,16,19H,1-2,9-12H2,(H,22,26)(H,23,25). The molecule has 1 unspecified atom stereocenters. The fraction of sp³-hybridized carbons (Fsp3) is 0.450. The van der Waals surface area contributed by atoms with Crippen LogP contribution in [0.1, 0.15) is 47.8 Å². The molecule has 2 N–H and O–H groups in total. The van der Waals surface area contributed by atoms with Crippen LogP contribution >= 0.6 is 11.6 Å². The second kappa shape index (κ2) is 8.23. The van der Waals surface area contributed by atoms with Gasteiger partial charge < -0.3 is 15.4 Å². The molecule has 2 heterocycles. The van der Waals surface area contributed by atoms with Gasteiger partial charge in [0.15, 0.2) is 5.69 Å². The molecule has 0 bridgehead atoms. The minimum absolute atomic E-state index is 0.148. The zero-order valence-corrected chi connectivity index (χ0v) is 15.8. The quantitative estimate of drug-likeness (QED) is 0.793. The molecule has 1 aliphatic carbocycles. The molecule has 0 radical (unpaired) electrons. The maximum absolute atomic E-state index is 12.3. The van der Waals surface area contributed by atoms with Gasteiger partial charge in [-0.05, 0) is 61.4 Å². The molecule has 4 rings (SSSR count). The smallest absolute Gasteiger partial charge is 0.272 e. The van der Waals surface area contributed by atoms with E-state index in [-0.39, 0.29) is 18.0 Å². The monoisotopic (exact) mass is 386 g/mol. The van der Waals surface area contributed by atoms with Crippen molar-refractivity contribution in [2.24, 2.45) is 5.92 Å². The molecule has 1 aromatic carbocycles. The number of hydrogen-bond acceptors (Lipinski definition) is 5. The number of anilines is 1. The molecular formula is C20H23ClN4O2. The molecule has 1 saturated carbocycles. The van der Waals surface area contributed by atoms with Gasteiger partial charge in [-0.25, -0.2) is 0 Å². The summed E-state index contributed by atoms with van der Waals surface area (Å²) in [5.41, 5.74) is 1.52. The second-order valence-corrected chi connectivity index (χ2v) is 7.61. The second-order valence-electron chi connectivity index (χ2n) is 7.17. The van der Waals surface area contributed by atoms with E-state index in [0.717, 1.165) is 17.9 Å². The molecule has 7 heteroatoms. The Morgan fingerprint density at radius 1 is 1.04 bits per heavy atom. The SMILES string of the molecule is O=C(NC1CCOCC1)c1ccc(NC(c2ccc(Cl)cc2)C2CC2)nn1. The van der Waals surface area contributed by atoms with Gasteiger partial charge in [0.25, 0.3) is 5.91 Å². The molecule has 1 aliphatic heterocycles. The maximum atomic E-state index is 12.3. The Balaban J connectivity index is 1.40. The van der Waals surface area contributed by atoms with Crippen molar-refractivity contribution < 1.29 is 9.53 Å². The summed E-state index contributed by atoms with van der Waals surface area (Å²) in [6, 6.07) is 11.8. The van der Waals surface area contributed by atoms with E-state index < -0.39 is 0 Å². The number of ether oxygens (including phenoxy) is 1. The molecule has 1 amide bonds. The van der Waals surface area contributed by atoms with Gasteiger partial charge in [-0.2, -0.15) is 0 Å².